The first-order chi connectivity index (χ1) is 8.11. The lowest BCUT2D eigenvalue weighted by atomic mass is 10.0. The average molecular weight is 235 g/mol. The molecule has 17 heavy (non-hydrogen) atoms. The molecule has 3 N–H and O–H groups in total. The summed E-state index contributed by atoms with van der Waals surface area (Å²) < 4.78 is 0.814. The number of hydrogen-bond acceptors (Lipinski definition) is 2. The van der Waals surface area contributed by atoms with E-state index in [-0.39, 0.29) is 0 Å². The minimum Gasteiger partial charge on any atom is -0.384 e. The normalized spacial score (nSPS) is 32.9. The van der Waals surface area contributed by atoms with E-state index in [9.17, 15) is 5.11 Å². The fraction of sp³-hybridized carbons (Fsp3) is 0.571. The lowest BCUT2D eigenvalue weighted by molar-refractivity contribution is -0.932. The second kappa shape index (κ2) is 4.77. The molecule has 1 heterocycles. The van der Waals surface area contributed by atoms with Crippen LogP contribution in [-0.4, -0.2) is 34.9 Å². The summed E-state index contributed by atoms with van der Waals surface area (Å²) >= 11 is 0. The van der Waals surface area contributed by atoms with Crippen LogP contribution >= 0.6 is 0 Å². The van der Waals surface area contributed by atoms with Gasteiger partial charge in [-0.25, -0.2) is 0 Å². The molecule has 3 heteroatoms. The Bertz CT molecular complexity index is 368. The summed E-state index contributed by atoms with van der Waals surface area (Å²) in [6.07, 6.45) is 1.69. The van der Waals surface area contributed by atoms with Gasteiger partial charge in [-0.05, 0) is 6.42 Å². The van der Waals surface area contributed by atoms with Crippen molar-refractivity contribution in [3.8, 4) is 0 Å². The largest absolute Gasteiger partial charge is 0.384 e. The van der Waals surface area contributed by atoms with Crippen LogP contribution in [0.3, 0.4) is 0 Å². The van der Waals surface area contributed by atoms with Crippen molar-refractivity contribution >= 4 is 0 Å². The standard InChI is InChI=1S/C14H23N2O/c1-2-14(17)8-9-16(11-14,12-15)10-13-6-4-3-5-7-13/h3-7,17H,2,8-12,15H2,1H3/q+1. The Hall–Kier alpha value is -0.900. The molecule has 0 bridgehead atoms. The van der Waals surface area contributed by atoms with Gasteiger partial charge in [-0.3, -0.25) is 5.73 Å². The minimum absolute atomic E-state index is 0.506. The van der Waals surface area contributed by atoms with E-state index in [4.69, 9.17) is 5.73 Å². The fourth-order valence-electron chi connectivity index (χ4n) is 2.84. The first kappa shape index (κ1) is 12.6. The Morgan fingerprint density at radius 3 is 2.59 bits per heavy atom. The molecule has 0 spiro atoms. The summed E-state index contributed by atoms with van der Waals surface area (Å²) in [5.41, 5.74) is 6.75. The highest BCUT2D eigenvalue weighted by Crippen LogP contribution is 2.31. The van der Waals surface area contributed by atoms with Gasteiger partial charge in [-0.2, -0.15) is 0 Å². The van der Waals surface area contributed by atoms with Crippen molar-refractivity contribution in [2.24, 2.45) is 5.73 Å². The number of aliphatic hydroxyl groups is 1. The van der Waals surface area contributed by atoms with E-state index in [0.29, 0.717) is 6.67 Å². The minimum atomic E-state index is -0.506. The van der Waals surface area contributed by atoms with Crippen LogP contribution in [-0.2, 0) is 6.54 Å². The van der Waals surface area contributed by atoms with Crippen LogP contribution in [0.4, 0.5) is 0 Å². The van der Waals surface area contributed by atoms with Crippen LogP contribution < -0.4 is 5.73 Å². The maximum Gasteiger partial charge on any atom is 0.130 e. The third-order valence-corrected chi connectivity index (χ3v) is 4.09. The van der Waals surface area contributed by atoms with Gasteiger partial charge in [0.15, 0.2) is 0 Å². The van der Waals surface area contributed by atoms with Crippen LogP contribution in [0.25, 0.3) is 0 Å². The Morgan fingerprint density at radius 2 is 2.06 bits per heavy atom. The number of nitrogens with two attached hydrogens (primary N) is 1. The molecule has 1 aromatic rings. The molecule has 0 amide bonds. The zero-order chi connectivity index (χ0) is 12.4. The molecule has 1 saturated heterocycles. The van der Waals surface area contributed by atoms with Gasteiger partial charge in [0.05, 0.1) is 6.54 Å². The molecule has 2 atom stereocenters. The quantitative estimate of drug-likeness (QED) is 0.776. The van der Waals surface area contributed by atoms with Gasteiger partial charge in [0.2, 0.25) is 0 Å². The molecule has 0 saturated carbocycles. The van der Waals surface area contributed by atoms with Gasteiger partial charge in [0.25, 0.3) is 0 Å². The Labute approximate surface area is 103 Å². The molecular formula is C14H23N2O+. The molecule has 2 unspecified atom stereocenters. The van der Waals surface area contributed by atoms with Gasteiger partial charge >= 0.3 is 0 Å². The van der Waals surface area contributed by atoms with Crippen LogP contribution in [0.5, 0.6) is 0 Å². The fourth-order valence-corrected chi connectivity index (χ4v) is 2.84. The number of nitrogens with zero attached hydrogens (tertiary/aromatic N) is 1. The SMILES string of the molecule is CCC1(O)CC[N+](CN)(Cc2ccccc2)C1. The lowest BCUT2D eigenvalue weighted by Crippen LogP contribution is -2.51. The van der Waals surface area contributed by atoms with Gasteiger partial charge in [0.1, 0.15) is 25.4 Å². The van der Waals surface area contributed by atoms with Crippen LogP contribution in [0.15, 0.2) is 30.3 Å². The number of rotatable bonds is 4. The van der Waals surface area contributed by atoms with E-state index in [1.54, 1.807) is 0 Å². The summed E-state index contributed by atoms with van der Waals surface area (Å²) in [6.45, 7) is 5.36. The lowest BCUT2D eigenvalue weighted by Gasteiger charge is -2.34. The number of quaternary nitrogens is 1. The molecule has 1 aromatic carbocycles. The molecular weight excluding hydrogens is 212 g/mol. The highest BCUT2D eigenvalue weighted by molar-refractivity contribution is 5.13. The summed E-state index contributed by atoms with van der Waals surface area (Å²) in [5, 5.41) is 10.4. The average Bonchev–Trinajstić information content (AvgIpc) is 2.70. The summed E-state index contributed by atoms with van der Waals surface area (Å²) in [6, 6.07) is 10.4. The maximum atomic E-state index is 10.4. The maximum absolute atomic E-state index is 10.4. The molecule has 0 radical (unpaired) electrons. The van der Waals surface area contributed by atoms with Crippen LogP contribution in [0.2, 0.25) is 0 Å². The van der Waals surface area contributed by atoms with Crippen molar-refractivity contribution in [1.82, 2.24) is 0 Å². The smallest absolute Gasteiger partial charge is 0.130 e. The molecule has 0 aliphatic carbocycles. The topological polar surface area (TPSA) is 46.2 Å². The highest BCUT2D eigenvalue weighted by atomic mass is 16.3. The van der Waals surface area contributed by atoms with Crippen molar-refractivity contribution in [2.45, 2.75) is 31.9 Å². The van der Waals surface area contributed by atoms with Crippen molar-refractivity contribution < 1.29 is 9.59 Å². The molecule has 0 aromatic heterocycles. The summed E-state index contributed by atoms with van der Waals surface area (Å²) in [5.74, 6) is 0. The van der Waals surface area contributed by atoms with E-state index < -0.39 is 5.60 Å². The molecule has 1 aliphatic rings. The molecule has 94 valence electrons. The van der Waals surface area contributed by atoms with E-state index >= 15 is 0 Å². The second-order valence-corrected chi connectivity index (χ2v) is 5.38. The first-order valence-electron chi connectivity index (χ1n) is 6.43. The van der Waals surface area contributed by atoms with Crippen molar-refractivity contribution in [2.75, 3.05) is 19.8 Å². The van der Waals surface area contributed by atoms with E-state index in [2.05, 4.69) is 31.2 Å². The Kier molecular flexibility index (Phi) is 3.52. The predicted molar refractivity (Wildman–Crippen MR) is 69.1 cm³/mol. The van der Waals surface area contributed by atoms with Crippen LogP contribution in [0.1, 0.15) is 25.3 Å². The van der Waals surface area contributed by atoms with E-state index in [0.717, 1.165) is 37.0 Å². The number of benzene rings is 1. The molecule has 2 rings (SSSR count). The third-order valence-electron chi connectivity index (χ3n) is 4.09. The molecule has 1 fully saturated rings. The first-order valence-corrected chi connectivity index (χ1v) is 6.43. The number of likely N-dealkylation sites (tertiary alicyclic amines) is 1. The van der Waals surface area contributed by atoms with Crippen molar-refractivity contribution in [1.29, 1.82) is 0 Å². The monoisotopic (exact) mass is 235 g/mol. The third kappa shape index (κ3) is 2.68. The Morgan fingerprint density at radius 1 is 1.35 bits per heavy atom. The van der Waals surface area contributed by atoms with Crippen LogP contribution in [0, 0.1) is 0 Å². The van der Waals surface area contributed by atoms with Gasteiger partial charge in [0, 0.05) is 12.0 Å². The summed E-state index contributed by atoms with van der Waals surface area (Å²) in [4.78, 5) is 0. The summed E-state index contributed by atoms with van der Waals surface area (Å²) in [7, 11) is 0. The predicted octanol–water partition coefficient (Wildman–Crippen LogP) is 1.46. The van der Waals surface area contributed by atoms with E-state index in [1.165, 1.54) is 5.56 Å². The van der Waals surface area contributed by atoms with Gasteiger partial charge < -0.3 is 9.59 Å². The van der Waals surface area contributed by atoms with Gasteiger partial charge in [-0.15, -0.1) is 0 Å². The zero-order valence-corrected chi connectivity index (χ0v) is 10.6. The molecule has 1 aliphatic heterocycles. The van der Waals surface area contributed by atoms with Crippen molar-refractivity contribution in [3.05, 3.63) is 35.9 Å². The number of hydrogen-bond donors (Lipinski definition) is 2. The van der Waals surface area contributed by atoms with E-state index in [1.807, 2.05) is 6.07 Å². The zero-order valence-electron chi connectivity index (χ0n) is 10.6. The van der Waals surface area contributed by atoms with Crippen molar-refractivity contribution in [3.63, 3.8) is 0 Å². The molecule has 3 nitrogen and oxygen atoms in total. The second-order valence-electron chi connectivity index (χ2n) is 5.38. The van der Waals surface area contributed by atoms with Gasteiger partial charge in [-0.1, -0.05) is 37.3 Å². The highest BCUT2D eigenvalue weighted by Gasteiger charge is 2.45. The Balaban J connectivity index is 2.12.